The standard InChI is InChI=1S/C13H20N4O5/c1-6-7(4-18)22-12(9(6)19)17(2)11-8(13(20)21-3)10(14)15-5-16-11/h5-7,9,12,18-19H,4H2,1-3H3,(H2,14,15,16)/t6-,7?,9-,12+/m1/s1. The number of hydrogen-bond acceptors (Lipinski definition) is 9. The topological polar surface area (TPSA) is 131 Å². The third-order valence-electron chi connectivity index (χ3n) is 3.87. The molecule has 9 nitrogen and oxygen atoms in total. The van der Waals surface area contributed by atoms with E-state index in [1.807, 2.05) is 0 Å². The van der Waals surface area contributed by atoms with Gasteiger partial charge in [-0.05, 0) is 0 Å². The molecule has 1 aliphatic rings. The van der Waals surface area contributed by atoms with Crippen molar-refractivity contribution in [1.29, 1.82) is 0 Å². The van der Waals surface area contributed by atoms with Crippen LogP contribution in [-0.4, -0.2) is 65.4 Å². The summed E-state index contributed by atoms with van der Waals surface area (Å²) in [6.45, 7) is 1.56. The third-order valence-corrected chi connectivity index (χ3v) is 3.87. The zero-order chi connectivity index (χ0) is 16.4. The number of anilines is 2. The van der Waals surface area contributed by atoms with Crippen molar-refractivity contribution in [3.63, 3.8) is 0 Å². The lowest BCUT2D eigenvalue weighted by molar-refractivity contribution is -0.0103. The van der Waals surface area contributed by atoms with Crippen molar-refractivity contribution < 1.29 is 24.5 Å². The number of rotatable bonds is 4. The number of carbonyl (C=O) groups is 1. The Morgan fingerprint density at radius 3 is 2.77 bits per heavy atom. The van der Waals surface area contributed by atoms with Gasteiger partial charge in [0.05, 0.1) is 19.8 Å². The summed E-state index contributed by atoms with van der Waals surface area (Å²) < 4.78 is 10.3. The Morgan fingerprint density at radius 2 is 2.23 bits per heavy atom. The second kappa shape index (κ2) is 6.42. The molecule has 1 aliphatic heterocycles. The molecule has 0 bridgehead atoms. The van der Waals surface area contributed by atoms with E-state index in [9.17, 15) is 15.0 Å². The maximum Gasteiger partial charge on any atom is 0.345 e. The van der Waals surface area contributed by atoms with Crippen LogP contribution in [0.2, 0.25) is 0 Å². The summed E-state index contributed by atoms with van der Waals surface area (Å²) in [6, 6.07) is 0. The smallest absolute Gasteiger partial charge is 0.345 e. The first-order valence-corrected chi connectivity index (χ1v) is 6.78. The molecule has 0 radical (unpaired) electrons. The van der Waals surface area contributed by atoms with Crippen LogP contribution in [0, 0.1) is 5.92 Å². The Balaban J connectivity index is 2.36. The summed E-state index contributed by atoms with van der Waals surface area (Å²) in [6.07, 6.45) is -0.918. The quantitative estimate of drug-likeness (QED) is 0.599. The molecule has 1 aromatic rings. The van der Waals surface area contributed by atoms with Gasteiger partial charge in [-0.15, -0.1) is 0 Å². The average molecular weight is 312 g/mol. The minimum Gasteiger partial charge on any atom is -0.465 e. The fourth-order valence-corrected chi connectivity index (χ4v) is 2.47. The highest BCUT2D eigenvalue weighted by Crippen LogP contribution is 2.32. The van der Waals surface area contributed by atoms with E-state index in [1.165, 1.54) is 18.3 Å². The van der Waals surface area contributed by atoms with Gasteiger partial charge in [-0.25, -0.2) is 14.8 Å². The van der Waals surface area contributed by atoms with E-state index >= 15 is 0 Å². The van der Waals surface area contributed by atoms with Crippen LogP contribution >= 0.6 is 0 Å². The number of nitrogen functional groups attached to an aromatic ring is 1. The molecule has 0 amide bonds. The highest BCUT2D eigenvalue weighted by atomic mass is 16.5. The van der Waals surface area contributed by atoms with Crippen molar-refractivity contribution in [1.82, 2.24) is 9.97 Å². The van der Waals surface area contributed by atoms with Gasteiger partial charge in [0, 0.05) is 13.0 Å². The van der Waals surface area contributed by atoms with Crippen LogP contribution in [0.5, 0.6) is 0 Å². The Bertz CT molecular complexity index is 555. The van der Waals surface area contributed by atoms with Crippen LogP contribution in [0.4, 0.5) is 11.6 Å². The molecule has 122 valence electrons. The predicted molar refractivity (Wildman–Crippen MR) is 77.1 cm³/mol. The number of ether oxygens (including phenoxy) is 2. The number of aliphatic hydroxyl groups excluding tert-OH is 2. The van der Waals surface area contributed by atoms with Gasteiger partial charge < -0.3 is 30.3 Å². The maximum atomic E-state index is 11.9. The van der Waals surface area contributed by atoms with Crippen LogP contribution in [0.1, 0.15) is 17.3 Å². The Morgan fingerprint density at radius 1 is 1.55 bits per heavy atom. The van der Waals surface area contributed by atoms with Gasteiger partial charge in [-0.3, -0.25) is 0 Å². The molecule has 4 N–H and O–H groups in total. The fourth-order valence-electron chi connectivity index (χ4n) is 2.47. The summed E-state index contributed by atoms with van der Waals surface area (Å²) in [7, 11) is 2.83. The highest BCUT2D eigenvalue weighted by Gasteiger charge is 2.43. The van der Waals surface area contributed by atoms with Crippen molar-refractivity contribution >= 4 is 17.6 Å². The molecule has 0 aliphatic carbocycles. The molecule has 0 spiro atoms. The lowest BCUT2D eigenvalue weighted by Crippen LogP contribution is -2.41. The summed E-state index contributed by atoms with van der Waals surface area (Å²) in [5.74, 6) is -0.783. The van der Waals surface area contributed by atoms with Gasteiger partial charge in [0.1, 0.15) is 23.8 Å². The number of carbonyl (C=O) groups excluding carboxylic acids is 1. The lowest BCUT2D eigenvalue weighted by atomic mass is 10.0. The lowest BCUT2D eigenvalue weighted by Gasteiger charge is -2.28. The van der Waals surface area contributed by atoms with Crippen LogP contribution < -0.4 is 10.6 Å². The molecule has 2 heterocycles. The number of aliphatic hydroxyl groups is 2. The van der Waals surface area contributed by atoms with Gasteiger partial charge >= 0.3 is 5.97 Å². The molecular weight excluding hydrogens is 292 g/mol. The molecule has 4 atom stereocenters. The van der Waals surface area contributed by atoms with E-state index in [1.54, 1.807) is 14.0 Å². The average Bonchev–Trinajstić information content (AvgIpc) is 2.81. The van der Waals surface area contributed by atoms with E-state index in [-0.39, 0.29) is 29.7 Å². The van der Waals surface area contributed by atoms with Crippen LogP contribution in [0.25, 0.3) is 0 Å². The molecular formula is C13H20N4O5. The number of methoxy groups -OCH3 is 1. The summed E-state index contributed by atoms with van der Waals surface area (Å²) in [5, 5.41) is 19.6. The first-order chi connectivity index (χ1) is 10.4. The molecule has 9 heteroatoms. The summed E-state index contributed by atoms with van der Waals surface area (Å²) in [4.78, 5) is 21.2. The van der Waals surface area contributed by atoms with Gasteiger partial charge in [0.25, 0.3) is 0 Å². The number of hydrogen-bond donors (Lipinski definition) is 3. The number of nitrogens with zero attached hydrogens (tertiary/aromatic N) is 3. The zero-order valence-electron chi connectivity index (χ0n) is 12.6. The molecule has 1 fully saturated rings. The number of aromatic nitrogens is 2. The molecule has 22 heavy (non-hydrogen) atoms. The van der Waals surface area contributed by atoms with Crippen LogP contribution in [0.3, 0.4) is 0 Å². The van der Waals surface area contributed by atoms with Crippen LogP contribution in [0.15, 0.2) is 6.33 Å². The summed E-state index contributed by atoms with van der Waals surface area (Å²) in [5.41, 5.74) is 5.73. The third kappa shape index (κ3) is 2.70. The van der Waals surface area contributed by atoms with E-state index in [4.69, 9.17) is 15.2 Å². The first kappa shape index (κ1) is 16.4. The monoisotopic (exact) mass is 312 g/mol. The zero-order valence-corrected chi connectivity index (χ0v) is 12.6. The normalized spacial score (nSPS) is 27.7. The molecule has 1 unspecified atom stereocenters. The second-order valence-electron chi connectivity index (χ2n) is 5.16. The van der Waals surface area contributed by atoms with Gasteiger partial charge in [-0.2, -0.15) is 0 Å². The first-order valence-electron chi connectivity index (χ1n) is 6.78. The van der Waals surface area contributed by atoms with E-state index in [2.05, 4.69) is 9.97 Å². The maximum absolute atomic E-state index is 11.9. The second-order valence-corrected chi connectivity index (χ2v) is 5.16. The molecule has 1 saturated heterocycles. The Hall–Kier alpha value is -1.97. The van der Waals surface area contributed by atoms with Gasteiger partial charge in [0.15, 0.2) is 12.0 Å². The molecule has 2 rings (SSSR count). The van der Waals surface area contributed by atoms with E-state index < -0.39 is 24.4 Å². The van der Waals surface area contributed by atoms with Crippen molar-refractivity contribution in [3.8, 4) is 0 Å². The van der Waals surface area contributed by atoms with Crippen LogP contribution in [-0.2, 0) is 9.47 Å². The number of likely N-dealkylation sites (N-methyl/N-ethyl adjacent to an activating group) is 1. The van der Waals surface area contributed by atoms with Gasteiger partial charge in [0.2, 0.25) is 0 Å². The Labute approximate surface area is 127 Å². The minimum absolute atomic E-state index is 0.00315. The van der Waals surface area contributed by atoms with Crippen molar-refractivity contribution in [3.05, 3.63) is 11.9 Å². The van der Waals surface area contributed by atoms with Crippen molar-refractivity contribution in [2.45, 2.75) is 25.4 Å². The summed E-state index contributed by atoms with van der Waals surface area (Å²) >= 11 is 0. The minimum atomic E-state index is -0.858. The van der Waals surface area contributed by atoms with Gasteiger partial charge in [-0.1, -0.05) is 6.92 Å². The molecule has 1 aromatic heterocycles. The van der Waals surface area contributed by atoms with E-state index in [0.717, 1.165) is 0 Å². The molecule has 0 saturated carbocycles. The fraction of sp³-hybridized carbons (Fsp3) is 0.615. The Kier molecular flexibility index (Phi) is 4.79. The molecule has 0 aromatic carbocycles. The largest absolute Gasteiger partial charge is 0.465 e. The highest BCUT2D eigenvalue weighted by molar-refractivity contribution is 5.99. The number of esters is 1. The van der Waals surface area contributed by atoms with E-state index in [0.29, 0.717) is 0 Å². The predicted octanol–water partition coefficient (Wildman–Crippen LogP) is -1.00. The van der Waals surface area contributed by atoms with Crippen molar-refractivity contribution in [2.75, 3.05) is 31.4 Å². The SMILES string of the molecule is COC(=O)c1c(N)ncnc1N(C)[C@H]1OC(CO)[C@@H](C)[C@H]1O. The van der Waals surface area contributed by atoms with Crippen molar-refractivity contribution in [2.24, 2.45) is 5.92 Å². The number of nitrogens with two attached hydrogens (primary N) is 1.